The normalized spacial score (nSPS) is 11.9. The Morgan fingerprint density at radius 1 is 0.481 bits per heavy atom. The number of aromatic nitrogens is 3. The van der Waals surface area contributed by atoms with Gasteiger partial charge in [0.1, 0.15) is 11.5 Å². The molecule has 3 aromatic heterocycles. The van der Waals surface area contributed by atoms with E-state index in [-0.39, 0.29) is 11.5 Å². The summed E-state index contributed by atoms with van der Waals surface area (Å²) in [6, 6.07) is 54.4. The van der Waals surface area contributed by atoms with E-state index in [1.807, 2.05) is 78.9 Å². The summed E-state index contributed by atoms with van der Waals surface area (Å²) in [6.45, 7) is 0. The molecule has 0 aliphatic carbocycles. The zero-order valence-electron chi connectivity index (χ0n) is 27.8. The summed E-state index contributed by atoms with van der Waals surface area (Å²) in [7, 11) is 0. The number of rotatable bonds is 5. The Kier molecular flexibility index (Phi) is 6.69. The first-order valence-corrected chi connectivity index (χ1v) is 17.2. The molecule has 10 aromatic rings. The molecule has 0 spiro atoms. The van der Waals surface area contributed by atoms with Crippen LogP contribution in [0.2, 0.25) is 0 Å². The van der Waals surface area contributed by atoms with Crippen molar-refractivity contribution in [1.82, 2.24) is 14.1 Å². The molecule has 0 amide bonds. The fraction of sp³-hybridized carbons (Fsp3) is 0. The quantitative estimate of drug-likeness (QED) is 0.179. The van der Waals surface area contributed by atoms with Gasteiger partial charge in [-0.2, -0.15) is 0 Å². The minimum absolute atomic E-state index is 0.138. The van der Waals surface area contributed by atoms with Crippen molar-refractivity contribution < 1.29 is 10.2 Å². The number of phenols is 2. The first kappa shape index (κ1) is 29.7. The molecule has 0 unspecified atom stereocenters. The van der Waals surface area contributed by atoms with Crippen molar-refractivity contribution in [3.05, 3.63) is 169 Å². The van der Waals surface area contributed by atoms with Gasteiger partial charge in [0.05, 0.1) is 51.0 Å². The number of benzene rings is 7. The molecule has 6 heteroatoms. The smallest absolute Gasteiger partial charge is 0.127 e. The highest BCUT2D eigenvalue weighted by Crippen LogP contribution is 2.39. The van der Waals surface area contributed by atoms with Gasteiger partial charge in [-0.05, 0) is 66.0 Å². The maximum atomic E-state index is 11.5. The summed E-state index contributed by atoms with van der Waals surface area (Å²) >= 11 is 0. The van der Waals surface area contributed by atoms with Crippen LogP contribution < -0.4 is 0 Å². The van der Waals surface area contributed by atoms with E-state index in [9.17, 15) is 10.2 Å². The maximum Gasteiger partial charge on any atom is 0.127 e. The first-order valence-electron chi connectivity index (χ1n) is 17.2. The zero-order chi connectivity index (χ0) is 34.8. The first-order chi connectivity index (χ1) is 25.6. The molecular weight excluding hydrogens is 641 g/mol. The van der Waals surface area contributed by atoms with Crippen molar-refractivity contribution in [3.8, 4) is 34.1 Å². The zero-order valence-corrected chi connectivity index (χ0v) is 27.8. The second kappa shape index (κ2) is 11.7. The summed E-state index contributed by atoms with van der Waals surface area (Å²) in [6.07, 6.45) is 1.70. The van der Waals surface area contributed by atoms with Crippen molar-refractivity contribution in [2.24, 2.45) is 4.99 Å². The highest BCUT2D eigenvalue weighted by atomic mass is 16.3. The number of nitrogens with zero attached hydrogens (tertiary/aromatic N) is 4. The molecular formula is C46H30N4O2. The molecule has 0 aliphatic rings. The topological polar surface area (TPSA) is 75.6 Å². The molecule has 0 bridgehead atoms. The van der Waals surface area contributed by atoms with Gasteiger partial charge in [0, 0.05) is 50.3 Å². The molecule has 52 heavy (non-hydrogen) atoms. The molecule has 0 fully saturated rings. The fourth-order valence-corrected chi connectivity index (χ4v) is 7.69. The van der Waals surface area contributed by atoms with E-state index in [2.05, 4.69) is 88.0 Å². The Morgan fingerprint density at radius 2 is 1.02 bits per heavy atom. The van der Waals surface area contributed by atoms with E-state index in [1.54, 1.807) is 12.3 Å². The van der Waals surface area contributed by atoms with E-state index in [0.29, 0.717) is 28.0 Å². The van der Waals surface area contributed by atoms with Crippen LogP contribution in [0.1, 0.15) is 5.69 Å². The number of aliphatic imine (C=N–C) groups is 1. The Morgan fingerprint density at radius 3 is 1.62 bits per heavy atom. The van der Waals surface area contributed by atoms with E-state index in [0.717, 1.165) is 49.6 Å². The average molecular weight is 671 g/mol. The third kappa shape index (κ3) is 4.66. The van der Waals surface area contributed by atoms with E-state index >= 15 is 0 Å². The van der Waals surface area contributed by atoms with Gasteiger partial charge in [-0.25, -0.2) is 4.98 Å². The number of para-hydroxylation sites is 4. The van der Waals surface area contributed by atoms with Crippen molar-refractivity contribution in [1.29, 1.82) is 0 Å². The van der Waals surface area contributed by atoms with E-state index < -0.39 is 0 Å². The molecule has 0 saturated heterocycles. The number of pyridine rings is 1. The Hall–Kier alpha value is -7.18. The Balaban J connectivity index is 0.997. The van der Waals surface area contributed by atoms with Crippen LogP contribution >= 0.6 is 0 Å². The number of hydrogen-bond donors (Lipinski definition) is 2. The molecule has 0 atom stereocenters. The van der Waals surface area contributed by atoms with Crippen LogP contribution in [0, 0.1) is 0 Å². The summed E-state index contributed by atoms with van der Waals surface area (Å²) in [4.78, 5) is 9.64. The number of hydrogen-bond acceptors (Lipinski definition) is 4. The summed E-state index contributed by atoms with van der Waals surface area (Å²) in [5.41, 5.74) is 8.58. The number of aromatic hydroxyl groups is 2. The van der Waals surface area contributed by atoms with Crippen molar-refractivity contribution in [3.63, 3.8) is 0 Å². The monoisotopic (exact) mass is 670 g/mol. The van der Waals surface area contributed by atoms with Crippen LogP contribution in [-0.4, -0.2) is 30.5 Å². The summed E-state index contributed by atoms with van der Waals surface area (Å²) in [5.74, 6) is 0.288. The SMILES string of the molecule is Oc1cc(-n2c3ccccc3c3ccccc32)ccc1-c1cccc(/C=N/c2cccc3cc(-n4c5ccccc5c5ccccc54)cc(O)c23)n1. The highest BCUT2D eigenvalue weighted by molar-refractivity contribution is 6.11. The standard InChI is InChI=1S/C46H30N4O2/c51-44-26-31(49-40-19-5-1-13-33(40)34-14-2-6-20-41(34)49)23-24-37(44)38-17-10-12-30(48-38)28-47-39-18-9-11-29-25-32(27-45(52)46(29)39)50-42-21-7-3-15-35(42)36-16-4-8-22-43(36)50/h1-28,51-52H/b47-28+. The number of phenolic OH excluding ortho intramolecular Hbond substituents is 2. The van der Waals surface area contributed by atoms with Crippen molar-refractivity contribution in [2.45, 2.75) is 0 Å². The molecule has 246 valence electrons. The summed E-state index contributed by atoms with van der Waals surface area (Å²) in [5, 5.41) is 29.0. The lowest BCUT2D eigenvalue weighted by atomic mass is 10.1. The lowest BCUT2D eigenvalue weighted by Crippen LogP contribution is -1.95. The van der Waals surface area contributed by atoms with Gasteiger partial charge in [-0.15, -0.1) is 0 Å². The predicted molar refractivity (Wildman–Crippen MR) is 213 cm³/mol. The minimum Gasteiger partial charge on any atom is -0.507 e. The van der Waals surface area contributed by atoms with Gasteiger partial charge >= 0.3 is 0 Å². The molecule has 0 saturated carbocycles. The molecule has 2 N–H and O–H groups in total. The average Bonchev–Trinajstić information content (AvgIpc) is 3.70. The molecule has 10 rings (SSSR count). The van der Waals surface area contributed by atoms with Crippen LogP contribution in [0.4, 0.5) is 5.69 Å². The van der Waals surface area contributed by atoms with E-state index in [1.165, 1.54) is 10.8 Å². The second-order valence-electron chi connectivity index (χ2n) is 13.0. The third-order valence-corrected chi connectivity index (χ3v) is 9.96. The van der Waals surface area contributed by atoms with Crippen LogP contribution in [-0.2, 0) is 0 Å². The van der Waals surface area contributed by atoms with Crippen LogP contribution in [0.5, 0.6) is 11.5 Å². The Labute approximate surface area is 298 Å². The van der Waals surface area contributed by atoms with Crippen molar-refractivity contribution >= 4 is 66.3 Å². The van der Waals surface area contributed by atoms with Gasteiger partial charge in [0.15, 0.2) is 0 Å². The van der Waals surface area contributed by atoms with Gasteiger partial charge in [-0.1, -0.05) is 91.0 Å². The lowest BCUT2D eigenvalue weighted by molar-refractivity contribution is 0.477. The summed E-state index contributed by atoms with van der Waals surface area (Å²) < 4.78 is 4.37. The van der Waals surface area contributed by atoms with Crippen LogP contribution in [0.25, 0.3) is 77.0 Å². The van der Waals surface area contributed by atoms with Gasteiger partial charge in [0.2, 0.25) is 0 Å². The molecule has 7 aromatic carbocycles. The van der Waals surface area contributed by atoms with Crippen molar-refractivity contribution in [2.75, 3.05) is 0 Å². The Bertz CT molecular complexity index is 2950. The molecule has 6 nitrogen and oxygen atoms in total. The molecule has 0 radical (unpaired) electrons. The van der Waals surface area contributed by atoms with Gasteiger partial charge in [-0.3, -0.25) is 4.99 Å². The van der Waals surface area contributed by atoms with Gasteiger partial charge in [0.25, 0.3) is 0 Å². The third-order valence-electron chi connectivity index (χ3n) is 9.96. The molecule has 0 aliphatic heterocycles. The highest BCUT2D eigenvalue weighted by Gasteiger charge is 2.16. The predicted octanol–water partition coefficient (Wildman–Crippen LogP) is 11.3. The van der Waals surface area contributed by atoms with E-state index in [4.69, 9.17) is 9.98 Å². The lowest BCUT2D eigenvalue weighted by Gasteiger charge is -2.12. The van der Waals surface area contributed by atoms with Crippen LogP contribution in [0.3, 0.4) is 0 Å². The van der Waals surface area contributed by atoms with Crippen LogP contribution in [0.15, 0.2) is 169 Å². The fourth-order valence-electron chi connectivity index (χ4n) is 7.69. The molecule has 3 heterocycles. The largest absolute Gasteiger partial charge is 0.507 e. The maximum absolute atomic E-state index is 11.5. The number of fused-ring (bicyclic) bond motifs is 7. The van der Waals surface area contributed by atoms with Gasteiger partial charge < -0.3 is 19.3 Å². The second-order valence-corrected chi connectivity index (χ2v) is 13.0. The minimum atomic E-state index is 0.138.